The molecule has 0 fully saturated rings. The molecule has 0 amide bonds. The Labute approximate surface area is 88.6 Å². The maximum Gasteiger partial charge on any atom is 0.258 e. The summed E-state index contributed by atoms with van der Waals surface area (Å²) in [5.41, 5.74) is 1.39. The molecule has 3 heteroatoms. The van der Waals surface area contributed by atoms with E-state index >= 15 is 0 Å². The molecule has 1 aliphatic rings. The highest BCUT2D eigenvalue weighted by atomic mass is 16.1. The largest absolute Gasteiger partial charge is 0.310 e. The van der Waals surface area contributed by atoms with Crippen LogP contribution in [-0.2, 0) is 0 Å². The lowest BCUT2D eigenvalue weighted by atomic mass is 10.1. The van der Waals surface area contributed by atoms with E-state index in [9.17, 15) is 4.79 Å². The van der Waals surface area contributed by atoms with Crippen LogP contribution in [-0.4, -0.2) is 9.97 Å². The van der Waals surface area contributed by atoms with Crippen molar-refractivity contribution in [3.05, 3.63) is 39.6 Å². The van der Waals surface area contributed by atoms with E-state index in [1.54, 1.807) is 0 Å². The Hall–Kier alpha value is -1.64. The molecule has 0 atom stereocenters. The molecule has 1 aliphatic carbocycles. The van der Waals surface area contributed by atoms with Gasteiger partial charge in [0, 0.05) is 5.92 Å². The van der Waals surface area contributed by atoms with Gasteiger partial charge in [0.15, 0.2) is 0 Å². The standard InChI is InChI=1S/C12H14N2O/c1-8(2)11-13-10-7-5-3-4-6-9(10)12(15)14-11/h4-8H,3H2,1-2H3,(H,13,14,15). The topological polar surface area (TPSA) is 45.8 Å². The Morgan fingerprint density at radius 3 is 2.80 bits per heavy atom. The maximum absolute atomic E-state index is 11.8. The van der Waals surface area contributed by atoms with Crippen LogP contribution in [0.1, 0.15) is 43.3 Å². The van der Waals surface area contributed by atoms with Crippen LogP contribution in [0, 0.1) is 0 Å². The van der Waals surface area contributed by atoms with Gasteiger partial charge in [0.05, 0.1) is 11.3 Å². The number of rotatable bonds is 1. The van der Waals surface area contributed by atoms with Gasteiger partial charge < -0.3 is 4.98 Å². The zero-order valence-electron chi connectivity index (χ0n) is 8.95. The number of hydrogen-bond acceptors (Lipinski definition) is 2. The Balaban J connectivity index is 2.65. The van der Waals surface area contributed by atoms with Crippen molar-refractivity contribution in [3.63, 3.8) is 0 Å². The first-order chi connectivity index (χ1) is 7.18. The average Bonchev–Trinajstić information content (AvgIpc) is 2.42. The van der Waals surface area contributed by atoms with E-state index in [2.05, 4.69) is 9.97 Å². The number of nitrogens with zero attached hydrogens (tertiary/aromatic N) is 1. The normalized spacial score (nSPS) is 14.1. The highest BCUT2D eigenvalue weighted by molar-refractivity contribution is 5.63. The molecule has 0 radical (unpaired) electrons. The summed E-state index contributed by atoms with van der Waals surface area (Å²) in [5, 5.41) is 0. The summed E-state index contributed by atoms with van der Waals surface area (Å²) in [6.07, 6.45) is 8.59. The number of aromatic amines is 1. The van der Waals surface area contributed by atoms with Crippen molar-refractivity contribution in [3.8, 4) is 0 Å². The number of hydrogen-bond donors (Lipinski definition) is 1. The van der Waals surface area contributed by atoms with Crippen LogP contribution < -0.4 is 5.56 Å². The van der Waals surface area contributed by atoms with Crippen molar-refractivity contribution in [1.29, 1.82) is 0 Å². The predicted octanol–water partition coefficient (Wildman–Crippen LogP) is 2.32. The lowest BCUT2D eigenvalue weighted by Gasteiger charge is -2.06. The number of nitrogens with one attached hydrogen (secondary N) is 1. The molecule has 0 spiro atoms. The Morgan fingerprint density at radius 1 is 1.33 bits per heavy atom. The second kappa shape index (κ2) is 3.85. The Kier molecular flexibility index (Phi) is 2.54. The van der Waals surface area contributed by atoms with Gasteiger partial charge in [-0.05, 0) is 12.5 Å². The minimum absolute atomic E-state index is 0.0495. The van der Waals surface area contributed by atoms with Gasteiger partial charge >= 0.3 is 0 Å². The fourth-order valence-corrected chi connectivity index (χ4v) is 1.52. The molecule has 2 rings (SSSR count). The van der Waals surface area contributed by atoms with Gasteiger partial charge in [-0.1, -0.05) is 32.1 Å². The van der Waals surface area contributed by atoms with Gasteiger partial charge in [-0.3, -0.25) is 4.79 Å². The van der Waals surface area contributed by atoms with Crippen LogP contribution in [0.4, 0.5) is 0 Å². The molecule has 1 heterocycles. The molecule has 0 saturated carbocycles. The van der Waals surface area contributed by atoms with Gasteiger partial charge in [-0.15, -0.1) is 0 Å². The highest BCUT2D eigenvalue weighted by Gasteiger charge is 2.09. The first-order valence-electron chi connectivity index (χ1n) is 5.16. The molecule has 15 heavy (non-hydrogen) atoms. The summed E-state index contributed by atoms with van der Waals surface area (Å²) in [7, 11) is 0. The van der Waals surface area contributed by atoms with Crippen molar-refractivity contribution < 1.29 is 0 Å². The molecule has 1 aromatic heterocycles. The second-order valence-electron chi connectivity index (χ2n) is 3.95. The molecular formula is C12H14N2O. The first-order valence-corrected chi connectivity index (χ1v) is 5.16. The lowest BCUT2D eigenvalue weighted by Crippen LogP contribution is -2.17. The van der Waals surface area contributed by atoms with Crippen molar-refractivity contribution in [1.82, 2.24) is 9.97 Å². The minimum atomic E-state index is -0.0495. The second-order valence-corrected chi connectivity index (χ2v) is 3.95. The zero-order valence-corrected chi connectivity index (χ0v) is 8.95. The first kappa shape index (κ1) is 9.90. The van der Waals surface area contributed by atoms with Crippen molar-refractivity contribution >= 4 is 12.2 Å². The summed E-state index contributed by atoms with van der Waals surface area (Å²) in [4.78, 5) is 19.0. The quantitative estimate of drug-likeness (QED) is 0.759. The van der Waals surface area contributed by atoms with Crippen molar-refractivity contribution in [2.24, 2.45) is 0 Å². The van der Waals surface area contributed by atoms with E-state index in [1.165, 1.54) is 0 Å². The average molecular weight is 202 g/mol. The summed E-state index contributed by atoms with van der Waals surface area (Å²) in [5.74, 6) is 0.988. The number of H-pyrrole nitrogens is 1. The van der Waals surface area contributed by atoms with E-state index in [-0.39, 0.29) is 11.5 Å². The minimum Gasteiger partial charge on any atom is -0.310 e. The molecule has 0 bridgehead atoms. The molecule has 0 aliphatic heterocycles. The van der Waals surface area contributed by atoms with Crippen LogP contribution >= 0.6 is 0 Å². The fraction of sp³-hybridized carbons (Fsp3) is 0.333. The molecule has 0 saturated heterocycles. The third-order valence-electron chi connectivity index (χ3n) is 2.38. The maximum atomic E-state index is 11.8. The number of fused-ring (bicyclic) bond motifs is 1. The van der Waals surface area contributed by atoms with Crippen LogP contribution in [0.5, 0.6) is 0 Å². The molecular weight excluding hydrogens is 188 g/mol. The van der Waals surface area contributed by atoms with Gasteiger partial charge in [0.1, 0.15) is 5.82 Å². The van der Waals surface area contributed by atoms with Gasteiger partial charge in [0.2, 0.25) is 0 Å². The van der Waals surface area contributed by atoms with Crippen molar-refractivity contribution in [2.75, 3.05) is 0 Å². The zero-order chi connectivity index (χ0) is 10.8. The van der Waals surface area contributed by atoms with E-state index in [0.29, 0.717) is 5.56 Å². The van der Waals surface area contributed by atoms with E-state index < -0.39 is 0 Å². The lowest BCUT2D eigenvalue weighted by molar-refractivity contribution is 0.763. The third kappa shape index (κ3) is 1.91. The summed E-state index contributed by atoms with van der Waals surface area (Å²) >= 11 is 0. The number of aromatic nitrogens is 2. The van der Waals surface area contributed by atoms with Gasteiger partial charge in [0.25, 0.3) is 5.56 Å². The summed E-state index contributed by atoms with van der Waals surface area (Å²) < 4.78 is 0. The van der Waals surface area contributed by atoms with Crippen LogP contribution in [0.3, 0.4) is 0 Å². The molecule has 0 aromatic carbocycles. The van der Waals surface area contributed by atoms with Crippen LogP contribution in [0.15, 0.2) is 16.9 Å². The monoisotopic (exact) mass is 202 g/mol. The number of allylic oxidation sites excluding steroid dienone is 2. The molecule has 78 valence electrons. The van der Waals surface area contributed by atoms with Gasteiger partial charge in [-0.2, -0.15) is 0 Å². The highest BCUT2D eigenvalue weighted by Crippen LogP contribution is 2.14. The van der Waals surface area contributed by atoms with Crippen LogP contribution in [0.2, 0.25) is 0 Å². The predicted molar refractivity (Wildman–Crippen MR) is 61.6 cm³/mol. The summed E-state index contributed by atoms with van der Waals surface area (Å²) in [6, 6.07) is 0. The van der Waals surface area contributed by atoms with E-state index in [1.807, 2.05) is 38.2 Å². The smallest absolute Gasteiger partial charge is 0.258 e. The SMILES string of the molecule is CC(C)c1nc2c(c(=O)[nH]1)C=CCC=C2. The van der Waals surface area contributed by atoms with Gasteiger partial charge in [-0.25, -0.2) is 4.98 Å². The molecule has 1 N–H and O–H groups in total. The molecule has 0 unspecified atom stereocenters. The Bertz CT molecular complexity index is 481. The van der Waals surface area contributed by atoms with E-state index in [4.69, 9.17) is 0 Å². The van der Waals surface area contributed by atoms with Crippen molar-refractivity contribution in [2.45, 2.75) is 26.2 Å². The Morgan fingerprint density at radius 2 is 2.07 bits per heavy atom. The summed E-state index contributed by atoms with van der Waals surface area (Å²) in [6.45, 7) is 4.03. The molecule has 1 aromatic rings. The van der Waals surface area contributed by atoms with Crippen LogP contribution in [0.25, 0.3) is 12.2 Å². The fourth-order valence-electron chi connectivity index (χ4n) is 1.52. The third-order valence-corrected chi connectivity index (χ3v) is 2.38. The van der Waals surface area contributed by atoms with E-state index in [0.717, 1.165) is 17.9 Å². The molecule has 3 nitrogen and oxygen atoms in total.